The smallest absolute Gasteiger partial charge is 0.199 e. The molecule has 156 valence electrons. The van der Waals surface area contributed by atoms with Crippen molar-refractivity contribution in [2.24, 2.45) is 5.41 Å². The quantitative estimate of drug-likeness (QED) is 0.512. The summed E-state index contributed by atoms with van der Waals surface area (Å²) in [6, 6.07) is 18.7. The first-order valence-corrected chi connectivity index (χ1v) is 13.4. The van der Waals surface area contributed by atoms with Crippen LogP contribution >= 0.6 is 23.5 Å². The molecule has 0 N–H and O–H groups in total. The fourth-order valence-corrected chi connectivity index (χ4v) is 7.80. The molecule has 0 aliphatic carbocycles. The molecular weight excluding hydrogens is 420 g/mol. The van der Waals surface area contributed by atoms with Gasteiger partial charge in [-0.15, -0.1) is 23.5 Å². The molecule has 1 aliphatic heterocycles. The lowest BCUT2D eigenvalue weighted by atomic mass is 9.87. The van der Waals surface area contributed by atoms with E-state index in [4.69, 9.17) is 4.74 Å². The second-order valence-electron chi connectivity index (χ2n) is 7.66. The highest BCUT2D eigenvalue weighted by Crippen LogP contribution is 2.42. The number of sulfone groups is 1. The van der Waals surface area contributed by atoms with Gasteiger partial charge in [-0.1, -0.05) is 68.5 Å². The fraction of sp³-hybridized carbons (Fsp3) is 0.391. The van der Waals surface area contributed by atoms with Crippen molar-refractivity contribution in [2.45, 2.75) is 42.5 Å². The van der Waals surface area contributed by atoms with Crippen LogP contribution in [0.3, 0.4) is 0 Å². The predicted octanol–water partition coefficient (Wildman–Crippen LogP) is 5.78. The van der Waals surface area contributed by atoms with E-state index < -0.39 is 15.3 Å². The molecule has 0 spiro atoms. The Labute approximate surface area is 183 Å². The lowest BCUT2D eigenvalue weighted by Crippen LogP contribution is -2.39. The molecule has 1 heterocycles. The predicted molar refractivity (Wildman–Crippen MR) is 125 cm³/mol. The van der Waals surface area contributed by atoms with Crippen LogP contribution in [0.5, 0.6) is 0 Å². The normalized spacial score (nSPS) is 17.4. The first-order valence-electron chi connectivity index (χ1n) is 9.77. The third-order valence-electron chi connectivity index (χ3n) is 4.85. The minimum atomic E-state index is -3.47. The van der Waals surface area contributed by atoms with E-state index in [1.807, 2.05) is 47.8 Å². The summed E-state index contributed by atoms with van der Waals surface area (Å²) in [5.74, 6) is 2.23. The van der Waals surface area contributed by atoms with E-state index in [0.717, 1.165) is 17.1 Å². The van der Waals surface area contributed by atoms with Crippen molar-refractivity contribution in [3.05, 3.63) is 77.7 Å². The topological polar surface area (TPSA) is 43.4 Å². The Morgan fingerprint density at radius 3 is 2.24 bits per heavy atom. The Bertz CT molecular complexity index is 887. The third-order valence-corrected chi connectivity index (χ3v) is 9.29. The van der Waals surface area contributed by atoms with Gasteiger partial charge in [-0.2, -0.15) is 0 Å². The number of ether oxygens (including phenoxy) is 1. The van der Waals surface area contributed by atoms with Crippen LogP contribution in [0.25, 0.3) is 0 Å². The molecule has 1 fully saturated rings. The molecule has 2 aromatic carbocycles. The summed E-state index contributed by atoms with van der Waals surface area (Å²) in [7, 11) is -3.47. The number of thioether (sulfide) groups is 2. The highest BCUT2D eigenvalue weighted by Gasteiger charge is 2.37. The maximum Gasteiger partial charge on any atom is 0.199 e. The molecule has 1 atom stereocenters. The Kier molecular flexibility index (Phi) is 7.91. The molecule has 6 heteroatoms. The highest BCUT2D eigenvalue weighted by molar-refractivity contribution is 8.17. The summed E-state index contributed by atoms with van der Waals surface area (Å²) >= 11 is 3.84. The van der Waals surface area contributed by atoms with Gasteiger partial charge in [0.05, 0.1) is 22.2 Å². The molecule has 3 nitrogen and oxygen atoms in total. The number of benzene rings is 2. The zero-order valence-corrected chi connectivity index (χ0v) is 19.3. The first-order chi connectivity index (χ1) is 13.9. The van der Waals surface area contributed by atoms with Crippen LogP contribution in [0, 0.1) is 5.41 Å². The fourth-order valence-electron chi connectivity index (χ4n) is 3.13. The third kappa shape index (κ3) is 6.38. The standard InChI is InChI=1S/C23H28O3S3/c1-23(2,14-17-29(24,25)20-12-7-4-8-13-20)21(22-27-15-9-16-28-22)26-18-19-10-5-3-6-11-19/h3-8,10-14,17,21-22H,9,15-16,18H2,1-2H3/b17-14+/t21-/m0/s1. The summed E-state index contributed by atoms with van der Waals surface area (Å²) in [6.45, 7) is 4.65. The average molecular weight is 449 g/mol. The second kappa shape index (κ2) is 10.2. The molecule has 2 aromatic rings. The number of hydrogen-bond donors (Lipinski definition) is 0. The van der Waals surface area contributed by atoms with E-state index in [0.29, 0.717) is 11.5 Å². The summed E-state index contributed by atoms with van der Waals surface area (Å²) in [6.07, 6.45) is 2.91. The van der Waals surface area contributed by atoms with Crippen molar-refractivity contribution < 1.29 is 13.2 Å². The Balaban J connectivity index is 1.80. The van der Waals surface area contributed by atoms with Crippen LogP contribution in [-0.2, 0) is 21.2 Å². The Hall–Kier alpha value is -1.21. The van der Waals surface area contributed by atoms with Gasteiger partial charge in [0, 0.05) is 10.8 Å². The maximum absolute atomic E-state index is 12.7. The lowest BCUT2D eigenvalue weighted by molar-refractivity contribution is -0.00521. The van der Waals surface area contributed by atoms with E-state index in [9.17, 15) is 8.42 Å². The Morgan fingerprint density at radius 2 is 1.62 bits per heavy atom. The van der Waals surface area contributed by atoms with Crippen molar-refractivity contribution in [1.82, 2.24) is 0 Å². The summed E-state index contributed by atoms with van der Waals surface area (Å²) in [4.78, 5) is 0.315. The van der Waals surface area contributed by atoms with Gasteiger partial charge in [0.2, 0.25) is 0 Å². The van der Waals surface area contributed by atoms with E-state index in [-0.39, 0.29) is 10.7 Å². The molecule has 0 amide bonds. The van der Waals surface area contributed by atoms with Crippen LogP contribution in [0.15, 0.2) is 77.0 Å². The van der Waals surface area contributed by atoms with Gasteiger partial charge in [0.25, 0.3) is 0 Å². The SMILES string of the molecule is CC(C)(/C=C/S(=O)(=O)c1ccccc1)[C@@H](OCc1ccccc1)C1SCCCS1. The largest absolute Gasteiger partial charge is 0.371 e. The van der Waals surface area contributed by atoms with Crippen molar-refractivity contribution in [2.75, 3.05) is 11.5 Å². The summed E-state index contributed by atoms with van der Waals surface area (Å²) in [5, 5.41) is 1.35. The molecule has 3 rings (SSSR count). The van der Waals surface area contributed by atoms with Gasteiger partial charge >= 0.3 is 0 Å². The van der Waals surface area contributed by atoms with Gasteiger partial charge in [-0.05, 0) is 35.6 Å². The maximum atomic E-state index is 12.7. The average Bonchev–Trinajstić information content (AvgIpc) is 2.75. The Morgan fingerprint density at radius 1 is 1.03 bits per heavy atom. The monoisotopic (exact) mass is 448 g/mol. The molecular formula is C23H28O3S3. The van der Waals surface area contributed by atoms with Gasteiger partial charge in [0.1, 0.15) is 0 Å². The zero-order valence-electron chi connectivity index (χ0n) is 16.9. The van der Waals surface area contributed by atoms with Crippen molar-refractivity contribution in [1.29, 1.82) is 0 Å². The van der Waals surface area contributed by atoms with Gasteiger partial charge < -0.3 is 4.74 Å². The lowest BCUT2D eigenvalue weighted by Gasteiger charge is -2.38. The van der Waals surface area contributed by atoms with Crippen molar-refractivity contribution in [3.8, 4) is 0 Å². The highest BCUT2D eigenvalue weighted by atomic mass is 32.2. The minimum absolute atomic E-state index is 0.0970. The molecule has 0 radical (unpaired) electrons. The van der Waals surface area contributed by atoms with E-state index in [1.54, 1.807) is 30.3 Å². The van der Waals surface area contributed by atoms with Crippen LogP contribution < -0.4 is 0 Å². The molecule has 1 aliphatic rings. The zero-order chi connectivity index (χ0) is 20.7. The molecule has 0 bridgehead atoms. The van der Waals surface area contributed by atoms with Crippen LogP contribution in [0.2, 0.25) is 0 Å². The van der Waals surface area contributed by atoms with Gasteiger partial charge in [0.15, 0.2) is 9.84 Å². The summed E-state index contributed by atoms with van der Waals surface area (Å²) in [5.41, 5.74) is 0.693. The van der Waals surface area contributed by atoms with E-state index >= 15 is 0 Å². The first kappa shape index (κ1) is 22.5. The molecule has 0 unspecified atom stereocenters. The number of rotatable bonds is 8. The van der Waals surface area contributed by atoms with Gasteiger partial charge in [-0.3, -0.25) is 0 Å². The van der Waals surface area contributed by atoms with Crippen molar-refractivity contribution in [3.63, 3.8) is 0 Å². The minimum Gasteiger partial charge on any atom is -0.371 e. The summed E-state index contributed by atoms with van der Waals surface area (Å²) < 4.78 is 32.1. The van der Waals surface area contributed by atoms with E-state index in [1.165, 1.54) is 11.8 Å². The molecule has 29 heavy (non-hydrogen) atoms. The molecule has 1 saturated heterocycles. The van der Waals surface area contributed by atoms with Gasteiger partial charge in [-0.25, -0.2) is 8.42 Å². The van der Waals surface area contributed by atoms with Crippen LogP contribution in [0.1, 0.15) is 25.8 Å². The van der Waals surface area contributed by atoms with Crippen LogP contribution in [0.4, 0.5) is 0 Å². The second-order valence-corrected chi connectivity index (χ2v) is 12.3. The van der Waals surface area contributed by atoms with Crippen LogP contribution in [-0.4, -0.2) is 30.6 Å². The van der Waals surface area contributed by atoms with Crippen molar-refractivity contribution >= 4 is 33.4 Å². The molecule has 0 saturated carbocycles. The number of hydrogen-bond acceptors (Lipinski definition) is 5. The molecule has 0 aromatic heterocycles. The van der Waals surface area contributed by atoms with E-state index in [2.05, 4.69) is 26.0 Å².